The van der Waals surface area contributed by atoms with Crippen LogP contribution in [-0.2, 0) is 16.1 Å². The van der Waals surface area contributed by atoms with E-state index in [1.807, 2.05) is 13.8 Å². The maximum Gasteiger partial charge on any atom is 0.329 e. The molecule has 0 radical (unpaired) electrons. The van der Waals surface area contributed by atoms with Gasteiger partial charge in [0.1, 0.15) is 6.04 Å². The molecule has 0 saturated carbocycles. The summed E-state index contributed by atoms with van der Waals surface area (Å²) >= 11 is 5.83. The molecule has 0 unspecified atom stereocenters. The first-order valence-electron chi connectivity index (χ1n) is 8.06. The van der Waals surface area contributed by atoms with Gasteiger partial charge in [-0.15, -0.1) is 0 Å². The number of rotatable bonds is 7. The molecule has 1 N–H and O–H groups in total. The van der Waals surface area contributed by atoms with Gasteiger partial charge in [-0.25, -0.2) is 4.79 Å². The highest BCUT2D eigenvalue weighted by atomic mass is 35.5. The van der Waals surface area contributed by atoms with E-state index in [0.717, 1.165) is 0 Å². The summed E-state index contributed by atoms with van der Waals surface area (Å²) < 4.78 is 10.3. The fraction of sp³-hybridized carbons (Fsp3) is 0.389. The van der Waals surface area contributed by atoms with Gasteiger partial charge >= 0.3 is 5.97 Å². The molecule has 1 amide bonds. The van der Waals surface area contributed by atoms with Crippen molar-refractivity contribution in [3.8, 4) is 0 Å². The molecule has 2 atom stereocenters. The Hall–Kier alpha value is -2.34. The number of carbonyl (C=O) groups excluding carboxylic acids is 2. The fourth-order valence-corrected chi connectivity index (χ4v) is 2.34. The summed E-state index contributed by atoms with van der Waals surface area (Å²) in [6, 6.07) is 7.40. The fourth-order valence-electron chi connectivity index (χ4n) is 2.21. The number of benzene rings is 1. The smallest absolute Gasteiger partial charge is 0.329 e. The van der Waals surface area contributed by atoms with Crippen molar-refractivity contribution in [2.24, 2.45) is 5.92 Å². The highest BCUT2D eigenvalue weighted by Crippen LogP contribution is 2.14. The Morgan fingerprint density at radius 3 is 2.56 bits per heavy atom. The van der Waals surface area contributed by atoms with Crippen LogP contribution in [0.25, 0.3) is 0 Å². The Morgan fingerprint density at radius 2 is 2.00 bits per heavy atom. The van der Waals surface area contributed by atoms with Crippen LogP contribution in [0.15, 0.2) is 34.9 Å². The lowest BCUT2D eigenvalue weighted by Crippen LogP contribution is -2.45. The Labute approximate surface area is 151 Å². The molecule has 0 aliphatic carbocycles. The van der Waals surface area contributed by atoms with Gasteiger partial charge in [-0.2, -0.15) is 0 Å². The summed E-state index contributed by atoms with van der Waals surface area (Å²) in [5, 5.41) is 7.02. The topological polar surface area (TPSA) is 81.4 Å². The van der Waals surface area contributed by atoms with E-state index >= 15 is 0 Å². The van der Waals surface area contributed by atoms with Gasteiger partial charge in [0.05, 0.1) is 5.69 Å². The third-order valence-corrected chi connectivity index (χ3v) is 4.15. The average Bonchev–Trinajstić information content (AvgIpc) is 3.02. The van der Waals surface area contributed by atoms with E-state index < -0.39 is 12.0 Å². The van der Waals surface area contributed by atoms with Crippen molar-refractivity contribution in [2.45, 2.75) is 39.8 Å². The summed E-state index contributed by atoms with van der Waals surface area (Å²) in [5.74, 6) is -0.488. The van der Waals surface area contributed by atoms with E-state index in [0.29, 0.717) is 28.5 Å². The zero-order valence-corrected chi connectivity index (χ0v) is 15.2. The minimum Gasteiger partial charge on any atom is -0.456 e. The van der Waals surface area contributed by atoms with Crippen molar-refractivity contribution in [1.82, 2.24) is 10.5 Å². The van der Waals surface area contributed by atoms with E-state index in [1.54, 1.807) is 37.3 Å². The molecule has 0 aliphatic rings. The highest BCUT2D eigenvalue weighted by Gasteiger charge is 2.28. The Bertz CT molecular complexity index is 727. The highest BCUT2D eigenvalue weighted by molar-refractivity contribution is 6.30. The molecule has 25 heavy (non-hydrogen) atoms. The zero-order valence-electron chi connectivity index (χ0n) is 14.4. The molecule has 1 aromatic carbocycles. The maximum absolute atomic E-state index is 12.4. The lowest BCUT2D eigenvalue weighted by molar-refractivity contribution is -0.149. The summed E-state index contributed by atoms with van der Waals surface area (Å²) in [6.45, 7) is 5.58. The number of nitrogens with one attached hydrogen (secondary N) is 1. The summed E-state index contributed by atoms with van der Waals surface area (Å²) in [7, 11) is 0. The third-order valence-electron chi connectivity index (χ3n) is 3.89. The number of aryl methyl sites for hydroxylation is 1. The first kappa shape index (κ1) is 19.0. The molecular weight excluding hydrogens is 344 g/mol. The molecule has 1 heterocycles. The van der Waals surface area contributed by atoms with Gasteiger partial charge in [0.2, 0.25) is 0 Å². The molecule has 2 aromatic rings. The normalized spacial score (nSPS) is 13.1. The van der Waals surface area contributed by atoms with Crippen LogP contribution < -0.4 is 5.32 Å². The molecule has 2 rings (SSSR count). The van der Waals surface area contributed by atoms with Gasteiger partial charge in [0, 0.05) is 16.7 Å². The monoisotopic (exact) mass is 364 g/mol. The largest absolute Gasteiger partial charge is 0.456 e. The molecular formula is C18H21ClN2O4. The lowest BCUT2D eigenvalue weighted by Gasteiger charge is -2.22. The Kier molecular flexibility index (Phi) is 6.58. The van der Waals surface area contributed by atoms with E-state index in [4.69, 9.17) is 20.9 Å². The van der Waals surface area contributed by atoms with Crippen LogP contribution in [0, 0.1) is 12.8 Å². The van der Waals surface area contributed by atoms with Crippen molar-refractivity contribution in [2.75, 3.05) is 0 Å². The van der Waals surface area contributed by atoms with Gasteiger partial charge in [0.15, 0.2) is 12.4 Å². The number of hydrogen-bond acceptors (Lipinski definition) is 5. The van der Waals surface area contributed by atoms with Crippen molar-refractivity contribution in [3.05, 3.63) is 52.4 Å². The molecule has 0 saturated heterocycles. The van der Waals surface area contributed by atoms with Gasteiger partial charge in [-0.1, -0.05) is 37.0 Å². The van der Waals surface area contributed by atoms with Gasteiger partial charge in [-0.05, 0) is 37.1 Å². The van der Waals surface area contributed by atoms with E-state index in [-0.39, 0.29) is 18.4 Å². The van der Waals surface area contributed by atoms with Crippen molar-refractivity contribution < 1.29 is 18.8 Å². The van der Waals surface area contributed by atoms with Gasteiger partial charge < -0.3 is 14.6 Å². The number of aromatic nitrogens is 1. The zero-order chi connectivity index (χ0) is 18.4. The van der Waals surface area contributed by atoms with Gasteiger partial charge in [0.25, 0.3) is 5.91 Å². The molecule has 0 spiro atoms. The SMILES string of the molecule is CC[C@@H](C)[C@H](NC(=O)c1ccc(Cl)cc1)C(=O)OCc1cc(C)no1. The van der Waals surface area contributed by atoms with Crippen LogP contribution >= 0.6 is 11.6 Å². The number of ether oxygens (including phenoxy) is 1. The molecule has 0 bridgehead atoms. The second kappa shape index (κ2) is 8.67. The number of amides is 1. The van der Waals surface area contributed by atoms with Crippen LogP contribution in [0.3, 0.4) is 0 Å². The second-order valence-corrected chi connectivity index (χ2v) is 6.32. The molecule has 7 heteroatoms. The standard InChI is InChI=1S/C18H21ClN2O4/c1-4-11(2)16(18(23)24-10-15-9-12(3)21-25-15)20-17(22)13-5-7-14(19)8-6-13/h5-9,11,16H,4,10H2,1-3H3,(H,20,22)/t11-,16+/m1/s1. The number of halogens is 1. The summed E-state index contributed by atoms with van der Waals surface area (Å²) in [5.41, 5.74) is 1.14. The quantitative estimate of drug-likeness (QED) is 0.760. The first-order valence-corrected chi connectivity index (χ1v) is 8.43. The Morgan fingerprint density at radius 1 is 1.32 bits per heavy atom. The molecule has 6 nitrogen and oxygen atoms in total. The number of esters is 1. The molecule has 134 valence electrons. The number of carbonyl (C=O) groups is 2. The predicted octanol–water partition coefficient (Wildman–Crippen LogP) is 3.52. The first-order chi connectivity index (χ1) is 11.9. The number of hydrogen-bond donors (Lipinski definition) is 1. The predicted molar refractivity (Wildman–Crippen MR) is 93.2 cm³/mol. The maximum atomic E-state index is 12.4. The van der Waals surface area contributed by atoms with Crippen LogP contribution in [-0.4, -0.2) is 23.1 Å². The minimum atomic E-state index is -0.753. The Balaban J connectivity index is 2.02. The van der Waals surface area contributed by atoms with Crippen molar-refractivity contribution in [1.29, 1.82) is 0 Å². The molecule has 0 fully saturated rings. The van der Waals surface area contributed by atoms with E-state index in [2.05, 4.69) is 10.5 Å². The lowest BCUT2D eigenvalue weighted by atomic mass is 9.99. The minimum absolute atomic E-state index is 0.0244. The molecule has 0 aliphatic heterocycles. The summed E-state index contributed by atoms with van der Waals surface area (Å²) in [6.07, 6.45) is 0.710. The van der Waals surface area contributed by atoms with Crippen molar-refractivity contribution in [3.63, 3.8) is 0 Å². The number of nitrogens with zero attached hydrogens (tertiary/aromatic N) is 1. The third kappa shape index (κ3) is 5.32. The van der Waals surface area contributed by atoms with E-state index in [1.165, 1.54) is 0 Å². The van der Waals surface area contributed by atoms with Crippen LogP contribution in [0.1, 0.15) is 42.1 Å². The van der Waals surface area contributed by atoms with E-state index in [9.17, 15) is 9.59 Å². The average molecular weight is 365 g/mol. The molecule has 1 aromatic heterocycles. The second-order valence-electron chi connectivity index (χ2n) is 5.89. The van der Waals surface area contributed by atoms with Crippen molar-refractivity contribution >= 4 is 23.5 Å². The van der Waals surface area contributed by atoms with Crippen LogP contribution in [0.2, 0.25) is 5.02 Å². The van der Waals surface area contributed by atoms with Gasteiger partial charge in [-0.3, -0.25) is 4.79 Å². The van der Waals surface area contributed by atoms with Crippen LogP contribution in [0.5, 0.6) is 0 Å². The van der Waals surface area contributed by atoms with Crippen LogP contribution in [0.4, 0.5) is 0 Å². The summed E-state index contributed by atoms with van der Waals surface area (Å²) in [4.78, 5) is 24.8.